The number of thiazole rings is 1. The molecular weight excluding hydrogens is 421 g/mol. The van der Waals surface area contributed by atoms with E-state index in [2.05, 4.69) is 25.2 Å². The maximum atomic E-state index is 15.1. The number of carbonyl (C=O) groups is 1. The lowest BCUT2D eigenvalue weighted by atomic mass is 10.1. The zero-order valence-electron chi connectivity index (χ0n) is 14.9. The van der Waals surface area contributed by atoms with E-state index in [0.29, 0.717) is 47.7 Å². The molecule has 3 heterocycles. The van der Waals surface area contributed by atoms with Crippen LogP contribution in [0, 0.1) is 5.82 Å². The second kappa shape index (κ2) is 8.27. The Morgan fingerprint density at radius 2 is 2.07 bits per heavy atom. The number of morpholine rings is 1. The molecule has 0 unspecified atom stereocenters. The quantitative estimate of drug-likeness (QED) is 0.597. The minimum atomic E-state index is -1.35. The first-order valence-corrected chi connectivity index (χ1v) is 9.83. The summed E-state index contributed by atoms with van der Waals surface area (Å²) in [6, 6.07) is 6.13. The average Bonchev–Trinajstić information content (AvgIpc) is 3.15. The normalized spacial score (nSPS) is 14.1. The van der Waals surface area contributed by atoms with Crippen LogP contribution in [0.4, 0.5) is 20.0 Å². The van der Waals surface area contributed by atoms with Crippen molar-refractivity contribution in [1.29, 1.82) is 0 Å². The first-order chi connectivity index (χ1) is 14.0. The summed E-state index contributed by atoms with van der Waals surface area (Å²) in [5, 5.41) is 11.8. The lowest BCUT2D eigenvalue weighted by Gasteiger charge is -2.26. The van der Waals surface area contributed by atoms with Gasteiger partial charge < -0.3 is 14.7 Å². The van der Waals surface area contributed by atoms with Gasteiger partial charge in [-0.05, 0) is 29.8 Å². The van der Waals surface area contributed by atoms with E-state index in [1.54, 1.807) is 18.2 Å². The highest BCUT2D eigenvalue weighted by molar-refractivity contribution is 7.19. The van der Waals surface area contributed by atoms with Gasteiger partial charge in [-0.15, -0.1) is 0 Å². The zero-order chi connectivity index (χ0) is 20.4. The number of amides is 1. The number of halogens is 2. The number of benzene rings is 1. The second-order valence-corrected chi connectivity index (χ2v) is 7.40. The molecule has 0 saturated carbocycles. The van der Waals surface area contributed by atoms with E-state index in [4.69, 9.17) is 21.4 Å². The first-order valence-electron chi connectivity index (χ1n) is 8.64. The molecule has 8 nitrogen and oxygen atoms in total. The Balaban J connectivity index is 1.85. The summed E-state index contributed by atoms with van der Waals surface area (Å²) in [5.74, 6) is -0.713. The van der Waals surface area contributed by atoms with Crippen molar-refractivity contribution in [3.05, 3.63) is 41.6 Å². The zero-order valence-corrected chi connectivity index (χ0v) is 16.5. The number of anilines is 2. The number of ether oxygens (including phenoxy) is 1. The molecule has 1 fully saturated rings. The second-order valence-electron chi connectivity index (χ2n) is 6.08. The molecule has 1 saturated heterocycles. The lowest BCUT2D eigenvalue weighted by molar-refractivity contribution is 0.122. The van der Waals surface area contributed by atoms with Crippen LogP contribution >= 0.6 is 22.9 Å². The molecule has 29 heavy (non-hydrogen) atoms. The molecule has 2 N–H and O–H groups in total. The molecule has 150 valence electrons. The first kappa shape index (κ1) is 19.5. The van der Waals surface area contributed by atoms with Crippen molar-refractivity contribution in [3.8, 4) is 21.8 Å². The maximum absolute atomic E-state index is 15.1. The standard InChI is InChI=1S/C18H15ClFN5O3S/c19-16-21-5-4-12(22-16)15-14(24-17(29-15)25-6-8-28-9-7-25)10-2-1-3-11(13(10)20)23-18(26)27/h1-5,23H,6-9H2,(H,26,27). The largest absolute Gasteiger partial charge is 0.465 e. The third-order valence-corrected chi connectivity index (χ3v) is 5.57. The van der Waals surface area contributed by atoms with Gasteiger partial charge in [0, 0.05) is 24.8 Å². The van der Waals surface area contributed by atoms with Crippen LogP contribution in [-0.4, -0.2) is 52.5 Å². The van der Waals surface area contributed by atoms with Crippen molar-refractivity contribution in [2.75, 3.05) is 36.5 Å². The minimum Gasteiger partial charge on any atom is -0.465 e. The Kier molecular flexibility index (Phi) is 5.56. The topological polar surface area (TPSA) is 100 Å². The number of nitrogens with zero attached hydrogens (tertiary/aromatic N) is 4. The van der Waals surface area contributed by atoms with Crippen molar-refractivity contribution in [1.82, 2.24) is 15.0 Å². The van der Waals surface area contributed by atoms with Crippen molar-refractivity contribution in [2.45, 2.75) is 0 Å². The monoisotopic (exact) mass is 435 g/mol. The van der Waals surface area contributed by atoms with Crippen molar-refractivity contribution < 1.29 is 19.0 Å². The predicted molar refractivity (Wildman–Crippen MR) is 108 cm³/mol. The van der Waals surface area contributed by atoms with E-state index in [1.807, 2.05) is 0 Å². The van der Waals surface area contributed by atoms with Gasteiger partial charge in [0.05, 0.1) is 35.2 Å². The summed E-state index contributed by atoms with van der Waals surface area (Å²) >= 11 is 7.31. The summed E-state index contributed by atoms with van der Waals surface area (Å²) < 4.78 is 20.5. The molecule has 0 spiro atoms. The fourth-order valence-electron chi connectivity index (χ4n) is 2.94. The van der Waals surface area contributed by atoms with Crippen LogP contribution in [0.1, 0.15) is 0 Å². The molecule has 1 aliphatic rings. The van der Waals surface area contributed by atoms with Gasteiger partial charge in [-0.1, -0.05) is 17.4 Å². The van der Waals surface area contributed by atoms with Crippen LogP contribution in [-0.2, 0) is 4.74 Å². The molecule has 0 atom stereocenters. The van der Waals surface area contributed by atoms with E-state index >= 15 is 4.39 Å². The van der Waals surface area contributed by atoms with Gasteiger partial charge in [-0.2, -0.15) is 0 Å². The minimum absolute atomic E-state index is 0.0662. The average molecular weight is 436 g/mol. The van der Waals surface area contributed by atoms with Gasteiger partial charge in [0.1, 0.15) is 0 Å². The molecule has 2 aromatic heterocycles. The van der Waals surface area contributed by atoms with Crippen LogP contribution in [0.15, 0.2) is 30.5 Å². The third kappa shape index (κ3) is 4.14. The highest BCUT2D eigenvalue weighted by Crippen LogP contribution is 2.41. The summed E-state index contributed by atoms with van der Waals surface area (Å²) in [4.78, 5) is 26.4. The molecule has 11 heteroatoms. The Hall–Kier alpha value is -2.82. The molecule has 0 bridgehead atoms. The Morgan fingerprint density at radius 1 is 1.28 bits per heavy atom. The van der Waals surface area contributed by atoms with Crippen molar-refractivity contribution in [2.24, 2.45) is 0 Å². The third-order valence-electron chi connectivity index (χ3n) is 4.25. The fraction of sp³-hybridized carbons (Fsp3) is 0.222. The van der Waals surface area contributed by atoms with Gasteiger partial charge in [-0.3, -0.25) is 5.32 Å². The SMILES string of the molecule is O=C(O)Nc1cccc(-c2nc(N3CCOCC3)sc2-c2ccnc(Cl)n2)c1F. The number of aromatic nitrogens is 3. The Morgan fingerprint density at radius 3 is 2.79 bits per heavy atom. The summed E-state index contributed by atoms with van der Waals surface area (Å²) in [6.07, 6.45) is 0.164. The van der Waals surface area contributed by atoms with Crippen LogP contribution in [0.5, 0.6) is 0 Å². The highest BCUT2D eigenvalue weighted by Gasteiger charge is 2.24. The molecule has 1 aliphatic heterocycles. The van der Waals surface area contributed by atoms with Crippen molar-refractivity contribution in [3.63, 3.8) is 0 Å². The van der Waals surface area contributed by atoms with Gasteiger partial charge in [-0.25, -0.2) is 24.1 Å². The van der Waals surface area contributed by atoms with Crippen LogP contribution in [0.2, 0.25) is 5.28 Å². The summed E-state index contributed by atoms with van der Waals surface area (Å²) in [7, 11) is 0. The molecule has 1 amide bonds. The molecular formula is C18H15ClFN5O3S. The molecule has 1 aromatic carbocycles. The van der Waals surface area contributed by atoms with E-state index < -0.39 is 11.9 Å². The Labute approximate surface area is 174 Å². The van der Waals surface area contributed by atoms with Gasteiger partial charge >= 0.3 is 6.09 Å². The smallest absolute Gasteiger partial charge is 0.409 e. The number of hydrogen-bond acceptors (Lipinski definition) is 7. The number of nitrogens with one attached hydrogen (secondary N) is 1. The van der Waals surface area contributed by atoms with Gasteiger partial charge in [0.15, 0.2) is 10.9 Å². The molecule has 0 aliphatic carbocycles. The van der Waals surface area contributed by atoms with Crippen LogP contribution in [0.25, 0.3) is 21.8 Å². The van der Waals surface area contributed by atoms with Crippen molar-refractivity contribution >= 4 is 39.8 Å². The highest BCUT2D eigenvalue weighted by atomic mass is 35.5. The molecule has 0 radical (unpaired) electrons. The summed E-state index contributed by atoms with van der Waals surface area (Å²) in [6.45, 7) is 2.49. The lowest BCUT2D eigenvalue weighted by Crippen LogP contribution is -2.36. The number of hydrogen-bond donors (Lipinski definition) is 2. The predicted octanol–water partition coefficient (Wildman–Crippen LogP) is 3.99. The van der Waals surface area contributed by atoms with E-state index in [9.17, 15) is 4.79 Å². The number of carboxylic acid groups (broad SMARTS) is 1. The summed E-state index contributed by atoms with van der Waals surface area (Å²) in [5.41, 5.74) is 0.880. The molecule has 3 aromatic rings. The van der Waals surface area contributed by atoms with Crippen LogP contribution in [0.3, 0.4) is 0 Å². The fourth-order valence-corrected chi connectivity index (χ4v) is 4.19. The van der Waals surface area contributed by atoms with Crippen LogP contribution < -0.4 is 10.2 Å². The van der Waals surface area contributed by atoms with Gasteiger partial charge in [0.2, 0.25) is 5.28 Å². The molecule has 4 rings (SSSR count). The van der Waals surface area contributed by atoms with E-state index in [0.717, 1.165) is 0 Å². The van der Waals surface area contributed by atoms with E-state index in [1.165, 1.54) is 23.6 Å². The number of rotatable bonds is 4. The van der Waals surface area contributed by atoms with E-state index in [-0.39, 0.29) is 16.5 Å². The maximum Gasteiger partial charge on any atom is 0.409 e. The Bertz CT molecular complexity index is 1060. The van der Waals surface area contributed by atoms with Gasteiger partial charge in [0.25, 0.3) is 0 Å².